The third-order valence-electron chi connectivity index (χ3n) is 4.39. The van der Waals surface area contributed by atoms with Gasteiger partial charge in [-0.15, -0.1) is 0 Å². The number of rotatable bonds is 4. The van der Waals surface area contributed by atoms with Crippen molar-refractivity contribution in [3.05, 3.63) is 47.7 Å². The van der Waals surface area contributed by atoms with E-state index in [1.165, 1.54) is 0 Å². The van der Waals surface area contributed by atoms with Gasteiger partial charge in [-0.3, -0.25) is 4.79 Å². The molecule has 0 bridgehead atoms. The lowest BCUT2D eigenvalue weighted by Crippen LogP contribution is -2.51. The van der Waals surface area contributed by atoms with E-state index in [9.17, 15) is 4.79 Å². The smallest absolute Gasteiger partial charge is 0.240 e. The summed E-state index contributed by atoms with van der Waals surface area (Å²) in [5, 5.41) is 0. The van der Waals surface area contributed by atoms with E-state index in [0.717, 1.165) is 17.2 Å². The van der Waals surface area contributed by atoms with Gasteiger partial charge in [0.2, 0.25) is 11.8 Å². The zero-order valence-electron chi connectivity index (χ0n) is 15.0. The number of para-hydroxylation sites is 1. The van der Waals surface area contributed by atoms with Crippen LogP contribution in [0.25, 0.3) is 0 Å². The summed E-state index contributed by atoms with van der Waals surface area (Å²) in [7, 11) is 0. The Hall–Kier alpha value is -2.34. The number of nitrogens with two attached hydrogens (primary N) is 1. The molecule has 0 aliphatic carbocycles. The standard InChI is InChI=1S/C19H25N3O3/c1-19(2,3)17(20)18(23)22-10-9-14-15(11-22)25-16(21-14)12-24-13-7-5-4-6-8-13/h4-8,17H,9-12,20H2,1-3H3/t17-/m1/s1. The molecule has 0 fully saturated rings. The van der Waals surface area contributed by atoms with Crippen molar-refractivity contribution in [2.75, 3.05) is 6.54 Å². The first-order chi connectivity index (χ1) is 11.8. The minimum absolute atomic E-state index is 0.0448. The minimum atomic E-state index is -0.530. The summed E-state index contributed by atoms with van der Waals surface area (Å²) in [6, 6.07) is 9.01. The molecule has 0 saturated heterocycles. The highest BCUT2D eigenvalue weighted by Gasteiger charge is 2.34. The number of nitrogens with zero attached hydrogens (tertiary/aromatic N) is 2. The van der Waals surface area contributed by atoms with Crippen LogP contribution in [0.4, 0.5) is 0 Å². The van der Waals surface area contributed by atoms with Crippen molar-refractivity contribution in [3.63, 3.8) is 0 Å². The van der Waals surface area contributed by atoms with Gasteiger partial charge < -0.3 is 19.8 Å². The van der Waals surface area contributed by atoms with Crippen LogP contribution in [0.15, 0.2) is 34.7 Å². The lowest BCUT2D eigenvalue weighted by atomic mass is 9.86. The van der Waals surface area contributed by atoms with Gasteiger partial charge in [-0.25, -0.2) is 4.98 Å². The van der Waals surface area contributed by atoms with Gasteiger partial charge in [-0.1, -0.05) is 39.0 Å². The molecular formula is C19H25N3O3. The third kappa shape index (κ3) is 4.02. The van der Waals surface area contributed by atoms with Gasteiger partial charge in [0.25, 0.3) is 0 Å². The van der Waals surface area contributed by atoms with Crippen molar-refractivity contribution in [1.82, 2.24) is 9.88 Å². The number of ether oxygens (including phenoxy) is 1. The Morgan fingerprint density at radius 3 is 2.76 bits per heavy atom. The SMILES string of the molecule is CC(C)(C)[C@H](N)C(=O)N1CCc2nc(COc3ccccc3)oc2C1. The highest BCUT2D eigenvalue weighted by molar-refractivity contribution is 5.82. The van der Waals surface area contributed by atoms with Gasteiger partial charge in [0.05, 0.1) is 18.3 Å². The van der Waals surface area contributed by atoms with Crippen molar-refractivity contribution in [2.24, 2.45) is 11.1 Å². The number of benzene rings is 1. The average molecular weight is 343 g/mol. The fourth-order valence-corrected chi connectivity index (χ4v) is 2.73. The predicted octanol–water partition coefficient (Wildman–Crippen LogP) is 2.51. The van der Waals surface area contributed by atoms with Gasteiger partial charge in [-0.05, 0) is 17.5 Å². The van der Waals surface area contributed by atoms with Gasteiger partial charge in [0.1, 0.15) is 11.5 Å². The number of hydrogen-bond donors (Lipinski definition) is 1. The fourth-order valence-electron chi connectivity index (χ4n) is 2.73. The Morgan fingerprint density at radius 1 is 1.36 bits per heavy atom. The summed E-state index contributed by atoms with van der Waals surface area (Å²) >= 11 is 0. The molecule has 6 heteroatoms. The van der Waals surface area contributed by atoms with E-state index in [4.69, 9.17) is 14.9 Å². The highest BCUT2D eigenvalue weighted by Crippen LogP contribution is 2.24. The molecule has 2 aromatic rings. The van der Waals surface area contributed by atoms with Crippen molar-refractivity contribution in [2.45, 2.75) is 46.4 Å². The number of hydrogen-bond acceptors (Lipinski definition) is 5. The monoisotopic (exact) mass is 343 g/mol. The lowest BCUT2D eigenvalue weighted by molar-refractivity contribution is -0.136. The van der Waals surface area contributed by atoms with Crippen LogP contribution in [0.1, 0.15) is 38.1 Å². The molecule has 25 heavy (non-hydrogen) atoms. The predicted molar refractivity (Wildman–Crippen MR) is 93.8 cm³/mol. The van der Waals surface area contributed by atoms with Crippen molar-refractivity contribution in [1.29, 1.82) is 0 Å². The first-order valence-corrected chi connectivity index (χ1v) is 8.54. The molecule has 3 rings (SSSR count). The van der Waals surface area contributed by atoms with E-state index >= 15 is 0 Å². The van der Waals surface area contributed by atoms with Crippen molar-refractivity contribution >= 4 is 5.91 Å². The van der Waals surface area contributed by atoms with Gasteiger partial charge >= 0.3 is 0 Å². The molecule has 1 aromatic heterocycles. The second-order valence-electron chi connectivity index (χ2n) is 7.43. The van der Waals surface area contributed by atoms with Crippen LogP contribution in [-0.4, -0.2) is 28.4 Å². The first kappa shape index (κ1) is 17.5. The van der Waals surface area contributed by atoms with Crippen LogP contribution < -0.4 is 10.5 Å². The largest absolute Gasteiger partial charge is 0.484 e. The second kappa shape index (κ2) is 6.88. The van der Waals surface area contributed by atoms with Crippen LogP contribution >= 0.6 is 0 Å². The first-order valence-electron chi connectivity index (χ1n) is 8.54. The quantitative estimate of drug-likeness (QED) is 0.922. The Morgan fingerprint density at radius 2 is 2.08 bits per heavy atom. The van der Waals surface area contributed by atoms with Crippen LogP contribution in [-0.2, 0) is 24.4 Å². The van der Waals surface area contributed by atoms with E-state index in [-0.39, 0.29) is 17.9 Å². The van der Waals surface area contributed by atoms with Crippen LogP contribution in [0.5, 0.6) is 5.75 Å². The number of amides is 1. The molecule has 0 saturated carbocycles. The van der Waals surface area contributed by atoms with Crippen LogP contribution in [0.2, 0.25) is 0 Å². The van der Waals surface area contributed by atoms with Gasteiger partial charge in [0.15, 0.2) is 6.61 Å². The van der Waals surface area contributed by atoms with Crippen molar-refractivity contribution in [3.8, 4) is 5.75 Å². The zero-order chi connectivity index (χ0) is 18.0. The minimum Gasteiger partial charge on any atom is -0.484 e. The fraction of sp³-hybridized carbons (Fsp3) is 0.474. The van der Waals surface area contributed by atoms with Crippen molar-refractivity contribution < 1.29 is 13.9 Å². The molecule has 1 amide bonds. The molecule has 2 heterocycles. The van der Waals surface area contributed by atoms with E-state index < -0.39 is 6.04 Å². The van der Waals surface area contributed by atoms with E-state index in [1.807, 2.05) is 51.1 Å². The topological polar surface area (TPSA) is 81.6 Å². The molecule has 0 spiro atoms. The summed E-state index contributed by atoms with van der Waals surface area (Å²) in [4.78, 5) is 18.8. The van der Waals surface area contributed by atoms with Crippen LogP contribution in [0.3, 0.4) is 0 Å². The normalized spacial score (nSPS) is 15.6. The Labute approximate surface area is 148 Å². The Bertz CT molecular complexity index is 734. The molecule has 6 nitrogen and oxygen atoms in total. The molecule has 134 valence electrons. The number of fused-ring (bicyclic) bond motifs is 1. The lowest BCUT2D eigenvalue weighted by Gasteiger charge is -2.33. The summed E-state index contributed by atoms with van der Waals surface area (Å²) in [5.41, 5.74) is 6.74. The number of aromatic nitrogens is 1. The van der Waals surface area contributed by atoms with E-state index in [0.29, 0.717) is 25.4 Å². The second-order valence-corrected chi connectivity index (χ2v) is 7.43. The van der Waals surface area contributed by atoms with Gasteiger partial charge in [0, 0.05) is 13.0 Å². The molecule has 1 aliphatic heterocycles. The number of carbonyl (C=O) groups excluding carboxylic acids is 1. The Kier molecular flexibility index (Phi) is 4.81. The zero-order valence-corrected chi connectivity index (χ0v) is 15.0. The molecule has 1 aliphatic rings. The third-order valence-corrected chi connectivity index (χ3v) is 4.39. The average Bonchev–Trinajstić information content (AvgIpc) is 3.00. The van der Waals surface area contributed by atoms with Gasteiger partial charge in [-0.2, -0.15) is 0 Å². The molecule has 1 aromatic carbocycles. The molecule has 0 unspecified atom stereocenters. The summed E-state index contributed by atoms with van der Waals surface area (Å²) in [5.74, 6) is 1.99. The molecule has 2 N–H and O–H groups in total. The van der Waals surface area contributed by atoms with E-state index in [2.05, 4.69) is 4.98 Å². The maximum atomic E-state index is 12.6. The molecular weight excluding hydrogens is 318 g/mol. The summed E-state index contributed by atoms with van der Waals surface area (Å²) in [6.07, 6.45) is 0.673. The molecule has 1 atom stereocenters. The summed E-state index contributed by atoms with van der Waals surface area (Å²) < 4.78 is 11.5. The highest BCUT2D eigenvalue weighted by atomic mass is 16.5. The molecule has 0 radical (unpaired) electrons. The van der Waals surface area contributed by atoms with E-state index in [1.54, 1.807) is 4.90 Å². The maximum absolute atomic E-state index is 12.6. The number of carbonyl (C=O) groups is 1. The summed E-state index contributed by atoms with van der Waals surface area (Å²) in [6.45, 7) is 7.21. The Balaban J connectivity index is 1.64. The maximum Gasteiger partial charge on any atom is 0.240 e. The van der Waals surface area contributed by atoms with Crippen LogP contribution in [0, 0.1) is 5.41 Å². The number of oxazole rings is 1.